The van der Waals surface area contributed by atoms with Gasteiger partial charge in [0.1, 0.15) is 5.78 Å². The fourth-order valence-corrected chi connectivity index (χ4v) is 8.50. The zero-order valence-corrected chi connectivity index (χ0v) is 17.5. The molecule has 8 atom stereocenters. The van der Waals surface area contributed by atoms with Crippen LogP contribution in [0.25, 0.3) is 0 Å². The van der Waals surface area contributed by atoms with Crippen LogP contribution >= 0.6 is 0 Å². The van der Waals surface area contributed by atoms with E-state index in [4.69, 9.17) is 5.11 Å². The van der Waals surface area contributed by atoms with Gasteiger partial charge in [0.25, 0.3) is 0 Å². The lowest BCUT2D eigenvalue weighted by Crippen LogP contribution is -2.56. The van der Waals surface area contributed by atoms with E-state index in [1.54, 1.807) is 0 Å². The maximum absolute atomic E-state index is 13.6. The molecule has 4 aliphatic rings. The van der Waals surface area contributed by atoms with Crippen molar-refractivity contribution in [2.75, 3.05) is 0 Å². The lowest BCUT2D eigenvalue weighted by Gasteiger charge is -2.60. The van der Waals surface area contributed by atoms with E-state index in [0.29, 0.717) is 41.3 Å². The van der Waals surface area contributed by atoms with Gasteiger partial charge in [0.15, 0.2) is 0 Å². The Kier molecular flexibility index (Phi) is 4.96. The van der Waals surface area contributed by atoms with Crippen LogP contribution in [0, 0.1) is 46.3 Å². The number of hydrogen-bond acceptors (Lipinski definition) is 2. The van der Waals surface area contributed by atoms with E-state index in [1.807, 2.05) is 0 Å². The molecule has 0 unspecified atom stereocenters. The molecule has 0 amide bonds. The minimum atomic E-state index is -0.708. The summed E-state index contributed by atoms with van der Waals surface area (Å²) >= 11 is 0. The normalized spacial score (nSPS) is 47.7. The summed E-state index contributed by atoms with van der Waals surface area (Å²) in [5.74, 6) is 3.24. The molecule has 152 valence electrons. The first-order valence-electron chi connectivity index (χ1n) is 11.5. The zero-order valence-electron chi connectivity index (χ0n) is 17.5. The van der Waals surface area contributed by atoms with Crippen molar-refractivity contribution in [1.82, 2.24) is 0 Å². The lowest BCUT2D eigenvalue weighted by atomic mass is 9.44. The number of Topliss-reactive ketones (excluding diaryl/α,β-unsaturated/α-hetero) is 1. The van der Waals surface area contributed by atoms with Gasteiger partial charge in [0, 0.05) is 18.3 Å². The highest BCUT2D eigenvalue weighted by Crippen LogP contribution is 2.67. The van der Waals surface area contributed by atoms with Gasteiger partial charge in [-0.25, -0.2) is 0 Å². The minimum Gasteiger partial charge on any atom is -0.481 e. The standard InChI is InChI=1S/C24H38O3/c1-15(7-12-22(26)27)18-10-11-19-17-9-8-16-6-4-5-13-23(16,2)20(17)14-21(25)24(18,19)3/h15-20H,4-14H2,1-3H3,(H,26,27)/t15-,16-,17-,18+,19-,20-,23+,24+/m1/s1. The first kappa shape index (κ1) is 19.5. The molecule has 0 radical (unpaired) electrons. The van der Waals surface area contributed by atoms with Crippen molar-refractivity contribution in [3.63, 3.8) is 0 Å². The molecule has 3 heteroatoms. The highest BCUT2D eigenvalue weighted by Gasteiger charge is 2.63. The van der Waals surface area contributed by atoms with E-state index in [9.17, 15) is 9.59 Å². The SMILES string of the molecule is C[C@H](CCC(=O)O)[C@@H]1CC[C@@H]2[C@H]3CC[C@H]4CCCC[C@]4(C)[C@@H]3CC(=O)[C@]21C. The van der Waals surface area contributed by atoms with Crippen molar-refractivity contribution in [3.05, 3.63) is 0 Å². The Morgan fingerprint density at radius 2 is 1.89 bits per heavy atom. The van der Waals surface area contributed by atoms with Crippen molar-refractivity contribution in [1.29, 1.82) is 0 Å². The molecule has 4 saturated carbocycles. The van der Waals surface area contributed by atoms with Crippen LogP contribution in [0.15, 0.2) is 0 Å². The van der Waals surface area contributed by atoms with Gasteiger partial charge in [-0.2, -0.15) is 0 Å². The average molecular weight is 375 g/mol. The second-order valence-electron chi connectivity index (χ2n) is 10.9. The number of hydrogen-bond donors (Lipinski definition) is 1. The Labute approximate surface area is 164 Å². The third-order valence-electron chi connectivity index (χ3n) is 10.0. The van der Waals surface area contributed by atoms with E-state index < -0.39 is 5.97 Å². The smallest absolute Gasteiger partial charge is 0.303 e. The third-order valence-corrected chi connectivity index (χ3v) is 10.0. The summed E-state index contributed by atoms with van der Waals surface area (Å²) in [6.07, 6.45) is 12.2. The summed E-state index contributed by atoms with van der Waals surface area (Å²) in [5.41, 5.74) is 0.197. The zero-order chi connectivity index (χ0) is 19.4. The monoisotopic (exact) mass is 374 g/mol. The molecule has 4 aliphatic carbocycles. The highest BCUT2D eigenvalue weighted by molar-refractivity contribution is 5.87. The van der Waals surface area contributed by atoms with Gasteiger partial charge in [-0.05, 0) is 85.9 Å². The summed E-state index contributed by atoms with van der Waals surface area (Å²) in [7, 11) is 0. The van der Waals surface area contributed by atoms with Gasteiger partial charge in [-0.3, -0.25) is 9.59 Å². The number of fused-ring (bicyclic) bond motifs is 5. The number of rotatable bonds is 4. The molecular formula is C24H38O3. The van der Waals surface area contributed by atoms with Crippen LogP contribution in [0.2, 0.25) is 0 Å². The molecule has 0 bridgehead atoms. The Morgan fingerprint density at radius 3 is 2.63 bits per heavy atom. The molecular weight excluding hydrogens is 336 g/mol. The van der Waals surface area contributed by atoms with E-state index in [2.05, 4.69) is 20.8 Å². The van der Waals surface area contributed by atoms with Crippen molar-refractivity contribution < 1.29 is 14.7 Å². The number of aliphatic carboxylic acids is 1. The molecule has 0 aromatic rings. The molecule has 0 heterocycles. The Bertz CT molecular complexity index is 613. The van der Waals surface area contributed by atoms with Crippen LogP contribution in [-0.4, -0.2) is 16.9 Å². The summed E-state index contributed by atoms with van der Waals surface area (Å²) in [4.78, 5) is 24.6. The van der Waals surface area contributed by atoms with Crippen LogP contribution in [0.1, 0.15) is 91.4 Å². The summed E-state index contributed by atoms with van der Waals surface area (Å²) < 4.78 is 0. The first-order chi connectivity index (χ1) is 12.8. The van der Waals surface area contributed by atoms with Crippen LogP contribution in [0.3, 0.4) is 0 Å². The van der Waals surface area contributed by atoms with Crippen LogP contribution in [0.5, 0.6) is 0 Å². The van der Waals surface area contributed by atoms with E-state index >= 15 is 0 Å². The second-order valence-corrected chi connectivity index (χ2v) is 10.9. The molecule has 0 aliphatic heterocycles. The number of carboxylic acid groups (broad SMARTS) is 1. The Balaban J connectivity index is 1.58. The van der Waals surface area contributed by atoms with Crippen molar-refractivity contribution in [2.24, 2.45) is 46.3 Å². The van der Waals surface area contributed by atoms with E-state index in [1.165, 1.54) is 44.9 Å². The predicted molar refractivity (Wildman–Crippen MR) is 106 cm³/mol. The fraction of sp³-hybridized carbons (Fsp3) is 0.917. The van der Waals surface area contributed by atoms with Gasteiger partial charge >= 0.3 is 5.97 Å². The number of carboxylic acids is 1. The number of ketones is 1. The van der Waals surface area contributed by atoms with Crippen LogP contribution < -0.4 is 0 Å². The first-order valence-corrected chi connectivity index (χ1v) is 11.5. The highest BCUT2D eigenvalue weighted by atomic mass is 16.4. The molecule has 3 nitrogen and oxygen atoms in total. The van der Waals surface area contributed by atoms with Crippen molar-refractivity contribution in [3.8, 4) is 0 Å². The largest absolute Gasteiger partial charge is 0.481 e. The van der Waals surface area contributed by atoms with Gasteiger partial charge in [0.2, 0.25) is 0 Å². The maximum Gasteiger partial charge on any atom is 0.303 e. The summed E-state index contributed by atoms with van der Waals surface area (Å²) in [6, 6.07) is 0. The molecule has 4 rings (SSSR count). The Morgan fingerprint density at radius 1 is 1.11 bits per heavy atom. The van der Waals surface area contributed by atoms with Gasteiger partial charge < -0.3 is 5.11 Å². The quantitative estimate of drug-likeness (QED) is 0.685. The predicted octanol–water partition coefficient (Wildman–Crippen LogP) is 5.72. The van der Waals surface area contributed by atoms with Crippen LogP contribution in [0.4, 0.5) is 0 Å². The Hall–Kier alpha value is -0.860. The molecule has 0 aromatic carbocycles. The lowest BCUT2D eigenvalue weighted by molar-refractivity contribution is -0.157. The number of carbonyl (C=O) groups is 2. The van der Waals surface area contributed by atoms with Crippen molar-refractivity contribution in [2.45, 2.75) is 91.4 Å². The molecule has 27 heavy (non-hydrogen) atoms. The molecule has 0 aromatic heterocycles. The van der Waals surface area contributed by atoms with Crippen molar-refractivity contribution >= 4 is 11.8 Å². The topological polar surface area (TPSA) is 54.4 Å². The van der Waals surface area contributed by atoms with Gasteiger partial charge in [0.05, 0.1) is 0 Å². The molecule has 1 N–H and O–H groups in total. The molecule has 0 spiro atoms. The van der Waals surface area contributed by atoms with Crippen LogP contribution in [-0.2, 0) is 9.59 Å². The average Bonchev–Trinajstić information content (AvgIpc) is 2.99. The summed E-state index contributed by atoms with van der Waals surface area (Å²) in [6.45, 7) is 6.98. The minimum absolute atomic E-state index is 0.197. The third kappa shape index (κ3) is 2.90. The van der Waals surface area contributed by atoms with Gasteiger partial charge in [-0.15, -0.1) is 0 Å². The molecule has 0 saturated heterocycles. The summed E-state index contributed by atoms with van der Waals surface area (Å²) in [5, 5.41) is 9.08. The van der Waals surface area contributed by atoms with E-state index in [0.717, 1.165) is 24.7 Å². The number of carbonyl (C=O) groups excluding carboxylic acids is 1. The fourth-order valence-electron chi connectivity index (χ4n) is 8.50. The van der Waals surface area contributed by atoms with Gasteiger partial charge in [-0.1, -0.05) is 33.6 Å². The second kappa shape index (κ2) is 6.88. The maximum atomic E-state index is 13.6. The van der Waals surface area contributed by atoms with E-state index in [-0.39, 0.29) is 11.8 Å². The molecule has 4 fully saturated rings.